The molecule has 132 valence electrons. The van der Waals surface area contributed by atoms with Gasteiger partial charge in [0.05, 0.1) is 7.11 Å². The summed E-state index contributed by atoms with van der Waals surface area (Å²) < 4.78 is 5.25. The number of ether oxygens (including phenoxy) is 1. The van der Waals surface area contributed by atoms with Gasteiger partial charge in [0.2, 0.25) is 0 Å². The average molecular weight is 350 g/mol. The molecule has 2 heterocycles. The topological polar surface area (TPSA) is 53.0 Å². The van der Waals surface area contributed by atoms with E-state index in [1.54, 1.807) is 12.0 Å². The predicted molar refractivity (Wildman–Crippen MR) is 96.4 cm³/mol. The molecule has 1 N–H and O–H groups in total. The monoisotopic (exact) mass is 350 g/mol. The third kappa shape index (κ3) is 4.05. The fraction of sp³-hybridized carbons (Fsp3) is 0.611. The zero-order chi connectivity index (χ0) is 17.0. The maximum Gasteiger partial charge on any atom is 0.256 e. The Morgan fingerprint density at radius 1 is 1.29 bits per heavy atom. The Balaban J connectivity index is 1.67. The summed E-state index contributed by atoms with van der Waals surface area (Å²) >= 11 is 1.94. The number of likely N-dealkylation sites (tertiary alicyclic amines) is 1. The summed E-state index contributed by atoms with van der Waals surface area (Å²) in [5.41, 5.74) is -0.208. The highest BCUT2D eigenvalue weighted by atomic mass is 32.2. The predicted octanol–water partition coefficient (Wildman–Crippen LogP) is 1.60. The first-order valence-corrected chi connectivity index (χ1v) is 9.71. The van der Waals surface area contributed by atoms with Crippen LogP contribution in [-0.4, -0.2) is 71.2 Å². The molecular weight excluding hydrogens is 324 g/mol. The Kier molecular flexibility index (Phi) is 5.69. The first kappa shape index (κ1) is 17.6. The summed E-state index contributed by atoms with van der Waals surface area (Å²) in [6.07, 6.45) is 1.40. The summed E-state index contributed by atoms with van der Waals surface area (Å²) in [5, 5.41) is 11.0. The number of aliphatic hydroxyl groups is 1. The van der Waals surface area contributed by atoms with E-state index in [-0.39, 0.29) is 5.91 Å². The van der Waals surface area contributed by atoms with Crippen LogP contribution in [0.3, 0.4) is 0 Å². The highest BCUT2D eigenvalue weighted by molar-refractivity contribution is 7.99. The van der Waals surface area contributed by atoms with Gasteiger partial charge in [0.1, 0.15) is 5.75 Å². The van der Waals surface area contributed by atoms with E-state index >= 15 is 0 Å². The molecule has 2 aliphatic rings. The lowest BCUT2D eigenvalue weighted by Gasteiger charge is -2.41. The van der Waals surface area contributed by atoms with E-state index in [0.717, 1.165) is 42.3 Å². The smallest absolute Gasteiger partial charge is 0.256 e. The number of carbonyl (C=O) groups is 1. The number of piperidine rings is 1. The molecule has 0 saturated carbocycles. The molecule has 0 unspecified atom stereocenters. The standard InChI is InChI=1S/C18H26N2O3S/c1-23-16-5-2-4-15(12-16)13-20-7-3-6-18(22,17(20)21)14-19-8-10-24-11-9-19/h2,4-5,12,22H,3,6-11,13-14H2,1H3/t18-/m1/s1. The molecule has 0 radical (unpaired) electrons. The lowest BCUT2D eigenvalue weighted by Crippen LogP contribution is -2.59. The van der Waals surface area contributed by atoms with Crippen molar-refractivity contribution in [3.05, 3.63) is 29.8 Å². The third-order valence-corrected chi connectivity index (χ3v) is 5.74. The van der Waals surface area contributed by atoms with Gasteiger partial charge in [-0.05, 0) is 30.5 Å². The second-order valence-electron chi connectivity index (χ2n) is 6.60. The largest absolute Gasteiger partial charge is 0.497 e. The second kappa shape index (κ2) is 7.76. The summed E-state index contributed by atoms with van der Waals surface area (Å²) in [5.74, 6) is 2.82. The molecule has 0 aromatic heterocycles. The molecule has 1 aromatic carbocycles. The molecule has 0 spiro atoms. The van der Waals surface area contributed by atoms with Crippen LogP contribution >= 0.6 is 11.8 Å². The van der Waals surface area contributed by atoms with Gasteiger partial charge in [-0.2, -0.15) is 11.8 Å². The number of carbonyl (C=O) groups excluding carboxylic acids is 1. The number of benzene rings is 1. The van der Waals surface area contributed by atoms with E-state index < -0.39 is 5.60 Å². The third-order valence-electron chi connectivity index (χ3n) is 4.80. The number of β-amino-alcohol motifs (C(OH)–C–C–N with tert-alkyl or cyclic N) is 1. The lowest BCUT2D eigenvalue weighted by atomic mass is 9.90. The molecule has 6 heteroatoms. The van der Waals surface area contributed by atoms with E-state index in [2.05, 4.69) is 4.90 Å². The molecule has 0 aliphatic carbocycles. The van der Waals surface area contributed by atoms with Crippen LogP contribution < -0.4 is 4.74 Å². The molecule has 2 saturated heterocycles. The second-order valence-corrected chi connectivity index (χ2v) is 7.83. The highest BCUT2D eigenvalue weighted by Crippen LogP contribution is 2.27. The zero-order valence-corrected chi connectivity index (χ0v) is 15.1. The molecule has 1 aromatic rings. The first-order chi connectivity index (χ1) is 11.6. The Hall–Kier alpha value is -1.24. The van der Waals surface area contributed by atoms with E-state index in [4.69, 9.17) is 4.74 Å². The zero-order valence-electron chi connectivity index (χ0n) is 14.2. The van der Waals surface area contributed by atoms with Crippen molar-refractivity contribution in [2.24, 2.45) is 0 Å². The van der Waals surface area contributed by atoms with Crippen molar-refractivity contribution in [2.75, 3.05) is 44.8 Å². The molecule has 2 aliphatic heterocycles. The summed E-state index contributed by atoms with van der Waals surface area (Å²) in [6, 6.07) is 7.76. The number of hydrogen-bond donors (Lipinski definition) is 1. The van der Waals surface area contributed by atoms with Crippen molar-refractivity contribution in [3.63, 3.8) is 0 Å². The highest BCUT2D eigenvalue weighted by Gasteiger charge is 2.43. The fourth-order valence-electron chi connectivity index (χ4n) is 3.48. The van der Waals surface area contributed by atoms with Gasteiger partial charge in [0.15, 0.2) is 5.60 Å². The Labute approximate surface area is 148 Å². The minimum atomic E-state index is -1.24. The molecule has 5 nitrogen and oxygen atoms in total. The number of rotatable bonds is 5. The van der Waals surface area contributed by atoms with Gasteiger partial charge in [0, 0.05) is 44.2 Å². The lowest BCUT2D eigenvalue weighted by molar-refractivity contribution is -0.160. The van der Waals surface area contributed by atoms with Crippen LogP contribution in [-0.2, 0) is 11.3 Å². The van der Waals surface area contributed by atoms with E-state index in [9.17, 15) is 9.90 Å². The molecular formula is C18H26N2O3S. The molecule has 3 rings (SSSR count). The maximum absolute atomic E-state index is 12.9. The van der Waals surface area contributed by atoms with Crippen LogP contribution in [0.15, 0.2) is 24.3 Å². The Morgan fingerprint density at radius 3 is 2.83 bits per heavy atom. The summed E-state index contributed by atoms with van der Waals surface area (Å²) in [7, 11) is 1.64. The Bertz CT molecular complexity index is 577. The van der Waals surface area contributed by atoms with Crippen LogP contribution in [0, 0.1) is 0 Å². The van der Waals surface area contributed by atoms with Crippen LogP contribution in [0.2, 0.25) is 0 Å². The summed E-state index contributed by atoms with van der Waals surface area (Å²) in [6.45, 7) is 3.59. The quantitative estimate of drug-likeness (QED) is 0.874. The summed E-state index contributed by atoms with van der Waals surface area (Å²) in [4.78, 5) is 16.9. The van der Waals surface area contributed by atoms with E-state index in [1.165, 1.54) is 0 Å². The minimum Gasteiger partial charge on any atom is -0.497 e. The average Bonchev–Trinajstić information content (AvgIpc) is 2.60. The van der Waals surface area contributed by atoms with Gasteiger partial charge in [-0.25, -0.2) is 0 Å². The van der Waals surface area contributed by atoms with Gasteiger partial charge in [-0.3, -0.25) is 9.69 Å². The van der Waals surface area contributed by atoms with Gasteiger partial charge in [-0.15, -0.1) is 0 Å². The van der Waals surface area contributed by atoms with Crippen LogP contribution in [0.5, 0.6) is 5.75 Å². The molecule has 1 amide bonds. The number of thioether (sulfide) groups is 1. The Morgan fingerprint density at radius 2 is 2.08 bits per heavy atom. The van der Waals surface area contributed by atoms with Gasteiger partial charge in [-0.1, -0.05) is 12.1 Å². The van der Waals surface area contributed by atoms with Crippen molar-refractivity contribution in [1.82, 2.24) is 9.80 Å². The van der Waals surface area contributed by atoms with Gasteiger partial charge >= 0.3 is 0 Å². The van der Waals surface area contributed by atoms with E-state index in [1.807, 2.05) is 36.0 Å². The number of nitrogens with zero attached hydrogens (tertiary/aromatic N) is 2. The van der Waals surface area contributed by atoms with Crippen LogP contribution in [0.4, 0.5) is 0 Å². The molecule has 2 fully saturated rings. The van der Waals surface area contributed by atoms with Crippen molar-refractivity contribution < 1.29 is 14.6 Å². The normalized spacial score (nSPS) is 25.8. The van der Waals surface area contributed by atoms with Crippen LogP contribution in [0.25, 0.3) is 0 Å². The SMILES string of the molecule is COc1cccc(CN2CCC[C@@](O)(CN3CCSCC3)C2=O)c1. The number of methoxy groups -OCH3 is 1. The fourth-order valence-corrected chi connectivity index (χ4v) is 4.46. The van der Waals surface area contributed by atoms with Crippen molar-refractivity contribution >= 4 is 17.7 Å². The molecule has 24 heavy (non-hydrogen) atoms. The van der Waals surface area contributed by atoms with Crippen LogP contribution in [0.1, 0.15) is 18.4 Å². The maximum atomic E-state index is 12.9. The molecule has 0 bridgehead atoms. The van der Waals surface area contributed by atoms with Crippen molar-refractivity contribution in [3.8, 4) is 5.75 Å². The van der Waals surface area contributed by atoms with Crippen molar-refractivity contribution in [1.29, 1.82) is 0 Å². The molecule has 1 atom stereocenters. The number of hydrogen-bond acceptors (Lipinski definition) is 5. The van der Waals surface area contributed by atoms with Gasteiger partial charge in [0.25, 0.3) is 5.91 Å². The van der Waals surface area contributed by atoms with E-state index in [0.29, 0.717) is 26.1 Å². The number of amides is 1. The first-order valence-electron chi connectivity index (χ1n) is 8.55. The minimum absolute atomic E-state index is 0.130. The van der Waals surface area contributed by atoms with Crippen molar-refractivity contribution in [2.45, 2.75) is 25.0 Å². The van der Waals surface area contributed by atoms with Gasteiger partial charge < -0.3 is 14.7 Å².